The highest BCUT2D eigenvalue weighted by atomic mass is 35.5. The Labute approximate surface area is 148 Å². The van der Waals surface area contributed by atoms with Gasteiger partial charge >= 0.3 is 0 Å². The molecule has 3 N–H and O–H groups in total. The van der Waals surface area contributed by atoms with Gasteiger partial charge in [0, 0.05) is 34.8 Å². The Morgan fingerprint density at radius 2 is 1.79 bits per heavy atom. The van der Waals surface area contributed by atoms with Crippen LogP contribution in [0.2, 0.25) is 10.0 Å². The molecule has 8 heteroatoms. The Kier molecular flexibility index (Phi) is 6.17. The maximum absolute atomic E-state index is 11.9. The van der Waals surface area contributed by atoms with Crippen molar-refractivity contribution >= 4 is 40.7 Å². The Morgan fingerprint density at radius 3 is 2.46 bits per heavy atom. The predicted molar refractivity (Wildman–Crippen MR) is 93.7 cm³/mol. The molecule has 0 saturated carbocycles. The molecule has 1 heterocycles. The van der Waals surface area contributed by atoms with Crippen molar-refractivity contribution < 1.29 is 9.59 Å². The highest BCUT2D eigenvalue weighted by molar-refractivity contribution is 6.36. The van der Waals surface area contributed by atoms with Crippen LogP contribution in [-0.2, 0) is 4.79 Å². The lowest BCUT2D eigenvalue weighted by molar-refractivity contribution is -0.112. The van der Waals surface area contributed by atoms with Crippen molar-refractivity contribution in [1.29, 1.82) is 0 Å². The number of hydrazine groups is 1. The minimum Gasteiger partial charge on any atom is -0.321 e. The molecule has 2 aromatic rings. The number of halogens is 2. The Balaban J connectivity index is 1.90. The second-order valence-corrected chi connectivity index (χ2v) is 5.60. The first-order chi connectivity index (χ1) is 11.5. The monoisotopic (exact) mass is 364 g/mol. The molecule has 0 aliphatic carbocycles. The fourth-order valence-electron chi connectivity index (χ4n) is 1.72. The minimum atomic E-state index is -0.401. The van der Waals surface area contributed by atoms with Crippen LogP contribution in [0.5, 0.6) is 0 Å². The fourth-order valence-corrected chi connectivity index (χ4v) is 2.18. The summed E-state index contributed by atoms with van der Waals surface area (Å²) in [5.41, 5.74) is 6.46. The van der Waals surface area contributed by atoms with Gasteiger partial charge in [-0.3, -0.25) is 20.0 Å². The first-order valence-corrected chi connectivity index (χ1v) is 7.62. The summed E-state index contributed by atoms with van der Waals surface area (Å²) >= 11 is 11.8. The highest BCUT2D eigenvalue weighted by Gasteiger charge is 2.06. The first kappa shape index (κ1) is 17.8. The average Bonchev–Trinajstić information content (AvgIpc) is 2.56. The number of hydrogen-bond donors (Lipinski definition) is 3. The van der Waals surface area contributed by atoms with Gasteiger partial charge in [0.1, 0.15) is 0 Å². The third-order valence-corrected chi connectivity index (χ3v) is 3.40. The lowest BCUT2D eigenvalue weighted by Crippen LogP contribution is -2.36. The van der Waals surface area contributed by atoms with E-state index < -0.39 is 5.91 Å². The van der Waals surface area contributed by atoms with Gasteiger partial charge in [-0.2, -0.15) is 0 Å². The second kappa shape index (κ2) is 8.33. The predicted octanol–water partition coefficient (Wildman–Crippen LogP) is 3.17. The van der Waals surface area contributed by atoms with E-state index in [-0.39, 0.29) is 5.91 Å². The number of carbonyl (C=O) groups excluding carboxylic acids is 2. The van der Waals surface area contributed by atoms with E-state index in [1.165, 1.54) is 24.5 Å². The molecule has 6 nitrogen and oxygen atoms in total. The molecule has 24 heavy (non-hydrogen) atoms. The van der Waals surface area contributed by atoms with Gasteiger partial charge in [-0.1, -0.05) is 23.2 Å². The summed E-state index contributed by atoms with van der Waals surface area (Å²) in [5.74, 6) is -0.742. The molecular weight excluding hydrogens is 351 g/mol. The summed E-state index contributed by atoms with van der Waals surface area (Å²) in [4.78, 5) is 27.6. The van der Waals surface area contributed by atoms with Crippen LogP contribution < -0.4 is 16.2 Å². The molecule has 0 radical (unpaired) electrons. The average molecular weight is 365 g/mol. The molecule has 0 aliphatic heterocycles. The van der Waals surface area contributed by atoms with Crippen molar-refractivity contribution in [3.05, 3.63) is 70.1 Å². The molecular formula is C16H14Cl2N4O2. The SMILES string of the molecule is C/C(=C/C(=O)Nc1ccc(Cl)cc1Cl)NNC(=O)c1ccncc1. The topological polar surface area (TPSA) is 83.1 Å². The zero-order valence-electron chi connectivity index (χ0n) is 12.6. The summed E-state index contributed by atoms with van der Waals surface area (Å²) < 4.78 is 0. The van der Waals surface area contributed by atoms with E-state index in [1.807, 2.05) is 0 Å². The molecule has 0 saturated heterocycles. The van der Waals surface area contributed by atoms with Gasteiger partial charge in [-0.25, -0.2) is 0 Å². The van der Waals surface area contributed by atoms with Crippen molar-refractivity contribution in [3.8, 4) is 0 Å². The molecule has 0 unspecified atom stereocenters. The number of carbonyl (C=O) groups is 2. The molecule has 0 fully saturated rings. The summed E-state index contributed by atoms with van der Waals surface area (Å²) in [6, 6.07) is 7.90. The standard InChI is InChI=1S/C16H14Cl2N4O2/c1-10(21-22-16(24)11-4-6-19-7-5-11)8-15(23)20-14-3-2-12(17)9-13(14)18/h2-9,21H,1H3,(H,20,23)(H,22,24)/b10-8-. The fraction of sp³-hybridized carbons (Fsp3) is 0.0625. The van der Waals surface area contributed by atoms with Crippen LogP contribution in [0.3, 0.4) is 0 Å². The van der Waals surface area contributed by atoms with E-state index in [1.54, 1.807) is 31.2 Å². The molecule has 0 spiro atoms. The van der Waals surface area contributed by atoms with E-state index in [0.717, 1.165) is 0 Å². The van der Waals surface area contributed by atoms with Gasteiger partial charge in [0.25, 0.3) is 5.91 Å². The number of benzene rings is 1. The summed E-state index contributed by atoms with van der Waals surface area (Å²) in [6.07, 6.45) is 4.32. The van der Waals surface area contributed by atoms with Crippen molar-refractivity contribution in [3.63, 3.8) is 0 Å². The van der Waals surface area contributed by atoms with E-state index in [2.05, 4.69) is 21.2 Å². The molecule has 0 aliphatic rings. The van der Waals surface area contributed by atoms with Crippen LogP contribution in [0.25, 0.3) is 0 Å². The molecule has 1 aromatic carbocycles. The quantitative estimate of drug-likeness (QED) is 0.562. The van der Waals surface area contributed by atoms with Crippen LogP contribution in [0.4, 0.5) is 5.69 Å². The molecule has 2 amide bonds. The molecule has 1 aromatic heterocycles. The normalized spacial score (nSPS) is 10.9. The largest absolute Gasteiger partial charge is 0.321 e. The summed E-state index contributed by atoms with van der Waals surface area (Å²) in [5, 5.41) is 3.43. The van der Waals surface area contributed by atoms with Gasteiger partial charge in [0.15, 0.2) is 0 Å². The summed E-state index contributed by atoms with van der Waals surface area (Å²) in [7, 11) is 0. The zero-order chi connectivity index (χ0) is 17.5. The van der Waals surface area contributed by atoms with Crippen LogP contribution in [0.1, 0.15) is 17.3 Å². The Hall–Kier alpha value is -2.57. The van der Waals surface area contributed by atoms with Crippen molar-refractivity contribution in [2.24, 2.45) is 0 Å². The highest BCUT2D eigenvalue weighted by Crippen LogP contribution is 2.25. The number of amides is 2. The number of nitrogens with one attached hydrogen (secondary N) is 3. The van der Waals surface area contributed by atoms with Gasteiger partial charge in [-0.05, 0) is 37.3 Å². The van der Waals surface area contributed by atoms with Crippen molar-refractivity contribution in [1.82, 2.24) is 15.8 Å². The molecule has 2 rings (SSSR count). The lowest BCUT2D eigenvalue weighted by Gasteiger charge is -2.09. The number of aromatic nitrogens is 1. The number of pyridine rings is 1. The van der Waals surface area contributed by atoms with Crippen LogP contribution in [0.15, 0.2) is 54.5 Å². The maximum atomic E-state index is 11.9. The van der Waals surface area contributed by atoms with Crippen molar-refractivity contribution in [2.45, 2.75) is 6.92 Å². The summed E-state index contributed by atoms with van der Waals surface area (Å²) in [6.45, 7) is 1.63. The number of anilines is 1. The lowest BCUT2D eigenvalue weighted by atomic mass is 10.2. The van der Waals surface area contributed by atoms with Crippen LogP contribution in [0, 0.1) is 0 Å². The zero-order valence-corrected chi connectivity index (χ0v) is 14.2. The third-order valence-electron chi connectivity index (χ3n) is 2.85. The minimum absolute atomic E-state index is 0.334. The van der Waals surface area contributed by atoms with E-state index in [9.17, 15) is 9.59 Å². The molecule has 124 valence electrons. The van der Waals surface area contributed by atoms with Gasteiger partial charge < -0.3 is 10.7 Å². The van der Waals surface area contributed by atoms with Crippen LogP contribution >= 0.6 is 23.2 Å². The van der Waals surface area contributed by atoms with Crippen LogP contribution in [-0.4, -0.2) is 16.8 Å². The Bertz CT molecular complexity index is 779. The first-order valence-electron chi connectivity index (χ1n) is 6.86. The van der Waals surface area contributed by atoms with Gasteiger partial charge in [0.05, 0.1) is 10.7 Å². The van der Waals surface area contributed by atoms with Gasteiger partial charge in [0.2, 0.25) is 5.91 Å². The molecule has 0 atom stereocenters. The Morgan fingerprint density at radius 1 is 1.08 bits per heavy atom. The van der Waals surface area contributed by atoms with Gasteiger partial charge in [-0.15, -0.1) is 0 Å². The van der Waals surface area contributed by atoms with E-state index >= 15 is 0 Å². The third kappa shape index (κ3) is 5.26. The maximum Gasteiger partial charge on any atom is 0.269 e. The number of nitrogens with zero attached hydrogens (tertiary/aromatic N) is 1. The smallest absolute Gasteiger partial charge is 0.269 e. The number of rotatable bonds is 5. The van der Waals surface area contributed by atoms with Crippen molar-refractivity contribution in [2.75, 3.05) is 5.32 Å². The van der Waals surface area contributed by atoms with E-state index in [4.69, 9.17) is 23.2 Å². The number of hydrogen-bond acceptors (Lipinski definition) is 4. The second-order valence-electron chi connectivity index (χ2n) is 4.76. The number of allylic oxidation sites excluding steroid dienone is 1. The van der Waals surface area contributed by atoms with E-state index in [0.29, 0.717) is 27.0 Å². The molecule has 0 bridgehead atoms.